The van der Waals surface area contributed by atoms with Crippen molar-refractivity contribution in [3.63, 3.8) is 0 Å². The molecular weight excluding hydrogens is 244 g/mol. The fraction of sp³-hybridized carbons (Fsp3) is 0.300. The largest absolute Gasteiger partial charge is 0.496 e. The minimum atomic E-state index is 0.627. The Morgan fingerprint density at radius 1 is 1.57 bits per heavy atom. The second kappa shape index (κ2) is 5.00. The summed E-state index contributed by atoms with van der Waals surface area (Å²) >= 11 is 3.38. The number of halogens is 1. The van der Waals surface area contributed by atoms with Crippen molar-refractivity contribution in [2.75, 3.05) is 7.11 Å². The molecule has 0 aromatic heterocycles. The number of nitrogens with zero attached hydrogens (tertiary/aromatic N) is 1. The lowest BCUT2D eigenvalue weighted by Crippen LogP contribution is -2.08. The van der Waals surface area contributed by atoms with E-state index in [0.717, 1.165) is 22.3 Å². The number of aliphatic imine (C=N–C) groups is 1. The molecule has 1 aromatic rings. The van der Waals surface area contributed by atoms with E-state index < -0.39 is 0 Å². The summed E-state index contributed by atoms with van der Waals surface area (Å²) < 4.78 is 5.98. The van der Waals surface area contributed by atoms with E-state index in [2.05, 4.69) is 20.9 Å². The van der Waals surface area contributed by atoms with Crippen LogP contribution in [-0.4, -0.2) is 12.9 Å². The first-order valence-electron chi connectivity index (χ1n) is 4.34. The SMILES string of the molecule is CCC(N)=Nc1ccc(OC)c(Br)c1. The van der Waals surface area contributed by atoms with E-state index in [9.17, 15) is 0 Å². The Labute approximate surface area is 92.1 Å². The van der Waals surface area contributed by atoms with Gasteiger partial charge in [0.05, 0.1) is 23.1 Å². The zero-order valence-corrected chi connectivity index (χ0v) is 9.84. The van der Waals surface area contributed by atoms with Gasteiger partial charge < -0.3 is 10.5 Å². The first-order valence-corrected chi connectivity index (χ1v) is 5.13. The molecule has 0 fully saturated rings. The van der Waals surface area contributed by atoms with Crippen LogP contribution in [0.1, 0.15) is 13.3 Å². The lowest BCUT2D eigenvalue weighted by atomic mass is 10.3. The first kappa shape index (κ1) is 11.0. The van der Waals surface area contributed by atoms with Crippen molar-refractivity contribution >= 4 is 27.5 Å². The maximum absolute atomic E-state index is 5.63. The number of benzene rings is 1. The van der Waals surface area contributed by atoms with E-state index >= 15 is 0 Å². The smallest absolute Gasteiger partial charge is 0.133 e. The number of methoxy groups -OCH3 is 1. The second-order valence-corrected chi connectivity index (χ2v) is 3.63. The third kappa shape index (κ3) is 2.73. The summed E-state index contributed by atoms with van der Waals surface area (Å²) in [6.45, 7) is 1.97. The molecule has 0 saturated carbocycles. The lowest BCUT2D eigenvalue weighted by molar-refractivity contribution is 0.412. The number of hydrogen-bond donors (Lipinski definition) is 1. The fourth-order valence-electron chi connectivity index (χ4n) is 0.970. The maximum atomic E-state index is 5.63. The van der Waals surface area contributed by atoms with Crippen LogP contribution in [0.3, 0.4) is 0 Å². The van der Waals surface area contributed by atoms with E-state index in [0.29, 0.717) is 5.84 Å². The van der Waals surface area contributed by atoms with Gasteiger partial charge in [0.15, 0.2) is 0 Å². The summed E-state index contributed by atoms with van der Waals surface area (Å²) in [5.41, 5.74) is 6.46. The topological polar surface area (TPSA) is 47.6 Å². The van der Waals surface area contributed by atoms with Crippen molar-refractivity contribution in [1.82, 2.24) is 0 Å². The van der Waals surface area contributed by atoms with E-state index in [4.69, 9.17) is 10.5 Å². The molecule has 0 aliphatic rings. The Balaban J connectivity index is 2.97. The van der Waals surface area contributed by atoms with Gasteiger partial charge in [-0.25, -0.2) is 4.99 Å². The molecule has 0 heterocycles. The van der Waals surface area contributed by atoms with Crippen molar-refractivity contribution < 1.29 is 4.74 Å². The number of nitrogens with two attached hydrogens (primary N) is 1. The van der Waals surface area contributed by atoms with Crippen molar-refractivity contribution in [3.8, 4) is 5.75 Å². The molecule has 0 spiro atoms. The van der Waals surface area contributed by atoms with Gasteiger partial charge in [-0.1, -0.05) is 6.92 Å². The van der Waals surface area contributed by atoms with Crippen LogP contribution in [0.5, 0.6) is 5.75 Å². The molecule has 0 unspecified atom stereocenters. The van der Waals surface area contributed by atoms with Gasteiger partial charge in [0.25, 0.3) is 0 Å². The molecule has 0 bridgehead atoms. The maximum Gasteiger partial charge on any atom is 0.133 e. The molecular formula is C10H13BrN2O. The molecule has 1 rings (SSSR count). The molecule has 0 saturated heterocycles. The summed E-state index contributed by atoms with van der Waals surface area (Å²) in [5.74, 6) is 1.42. The van der Waals surface area contributed by atoms with Crippen molar-refractivity contribution in [2.24, 2.45) is 10.7 Å². The van der Waals surface area contributed by atoms with E-state index in [1.807, 2.05) is 25.1 Å². The molecule has 1 aromatic carbocycles. The number of ether oxygens (including phenoxy) is 1. The van der Waals surface area contributed by atoms with Gasteiger partial charge in [-0.3, -0.25) is 0 Å². The van der Waals surface area contributed by atoms with Gasteiger partial charge in [-0.15, -0.1) is 0 Å². The van der Waals surface area contributed by atoms with Crippen molar-refractivity contribution in [1.29, 1.82) is 0 Å². The Morgan fingerprint density at radius 2 is 2.29 bits per heavy atom. The summed E-state index contributed by atoms with van der Waals surface area (Å²) in [6.07, 6.45) is 0.754. The lowest BCUT2D eigenvalue weighted by Gasteiger charge is -2.03. The molecule has 14 heavy (non-hydrogen) atoms. The number of hydrogen-bond acceptors (Lipinski definition) is 2. The van der Waals surface area contributed by atoms with Crippen molar-refractivity contribution in [2.45, 2.75) is 13.3 Å². The molecule has 2 N–H and O–H groups in total. The summed E-state index contributed by atoms with van der Waals surface area (Å²) in [6, 6.07) is 5.60. The highest BCUT2D eigenvalue weighted by molar-refractivity contribution is 9.10. The predicted octanol–water partition coefficient (Wildman–Crippen LogP) is 2.86. The third-order valence-electron chi connectivity index (χ3n) is 1.77. The quantitative estimate of drug-likeness (QED) is 0.668. The highest BCUT2D eigenvalue weighted by atomic mass is 79.9. The van der Waals surface area contributed by atoms with E-state index in [1.54, 1.807) is 7.11 Å². The molecule has 0 aliphatic carbocycles. The van der Waals surface area contributed by atoms with Crippen LogP contribution >= 0.6 is 15.9 Å². The fourth-order valence-corrected chi connectivity index (χ4v) is 1.50. The first-order chi connectivity index (χ1) is 6.67. The van der Waals surface area contributed by atoms with Crippen LogP contribution in [0.25, 0.3) is 0 Å². The zero-order valence-electron chi connectivity index (χ0n) is 8.25. The van der Waals surface area contributed by atoms with Gasteiger partial charge in [0, 0.05) is 6.42 Å². The predicted molar refractivity (Wildman–Crippen MR) is 62.3 cm³/mol. The standard InChI is InChI=1S/C10H13BrN2O/c1-3-10(12)13-7-4-5-9(14-2)8(11)6-7/h4-6H,3H2,1-2H3,(H2,12,13). The Kier molecular flexibility index (Phi) is 3.95. The highest BCUT2D eigenvalue weighted by Gasteiger charge is 2.00. The molecule has 3 nitrogen and oxygen atoms in total. The van der Waals surface area contributed by atoms with Gasteiger partial charge in [-0.05, 0) is 34.1 Å². The third-order valence-corrected chi connectivity index (χ3v) is 2.39. The zero-order chi connectivity index (χ0) is 10.6. The van der Waals surface area contributed by atoms with Gasteiger partial charge in [-0.2, -0.15) is 0 Å². The number of rotatable bonds is 3. The molecule has 76 valence electrons. The normalized spacial score (nSPS) is 11.5. The molecule has 0 atom stereocenters. The van der Waals surface area contributed by atoms with E-state index in [-0.39, 0.29) is 0 Å². The van der Waals surface area contributed by atoms with Gasteiger partial charge >= 0.3 is 0 Å². The van der Waals surface area contributed by atoms with Crippen LogP contribution in [0.15, 0.2) is 27.7 Å². The summed E-state index contributed by atoms with van der Waals surface area (Å²) in [5, 5.41) is 0. The molecule has 0 aliphatic heterocycles. The van der Waals surface area contributed by atoms with Crippen LogP contribution in [0.2, 0.25) is 0 Å². The van der Waals surface area contributed by atoms with Gasteiger partial charge in [0.2, 0.25) is 0 Å². The molecule has 0 radical (unpaired) electrons. The Bertz CT molecular complexity index is 350. The highest BCUT2D eigenvalue weighted by Crippen LogP contribution is 2.28. The molecule has 0 amide bonds. The van der Waals surface area contributed by atoms with Crippen LogP contribution < -0.4 is 10.5 Å². The summed E-state index contributed by atoms with van der Waals surface area (Å²) in [4.78, 5) is 4.22. The van der Waals surface area contributed by atoms with Gasteiger partial charge in [0.1, 0.15) is 5.75 Å². The van der Waals surface area contributed by atoms with Crippen LogP contribution in [0, 0.1) is 0 Å². The molecule has 4 heteroatoms. The van der Waals surface area contributed by atoms with Crippen LogP contribution in [-0.2, 0) is 0 Å². The van der Waals surface area contributed by atoms with Crippen LogP contribution in [0.4, 0.5) is 5.69 Å². The van der Waals surface area contributed by atoms with E-state index in [1.165, 1.54) is 0 Å². The van der Waals surface area contributed by atoms with Crippen molar-refractivity contribution in [3.05, 3.63) is 22.7 Å². The number of amidine groups is 1. The monoisotopic (exact) mass is 256 g/mol. The second-order valence-electron chi connectivity index (χ2n) is 2.78. The summed E-state index contributed by atoms with van der Waals surface area (Å²) in [7, 11) is 1.63. The average Bonchev–Trinajstić information content (AvgIpc) is 2.18. The Hall–Kier alpha value is -1.03. The minimum absolute atomic E-state index is 0.627. The average molecular weight is 257 g/mol. The Morgan fingerprint density at radius 3 is 2.79 bits per heavy atom. The minimum Gasteiger partial charge on any atom is -0.496 e.